The number of halogens is 1. The highest BCUT2D eigenvalue weighted by atomic mass is 32.1. The third-order valence-corrected chi connectivity index (χ3v) is 5.65. The molecule has 1 aliphatic carbocycles. The molecule has 1 N–H and O–H groups in total. The van der Waals surface area contributed by atoms with Crippen molar-refractivity contribution in [3.8, 4) is 5.75 Å². The Labute approximate surface area is 172 Å². The molecule has 3 aromatic rings. The first-order valence-electron chi connectivity index (χ1n) is 9.37. The number of nitrogens with one attached hydrogen (secondary N) is 1. The molecular weight excluding hydrogens is 391 g/mol. The molecule has 0 saturated heterocycles. The Kier molecular flexibility index (Phi) is 5.82. The zero-order valence-corrected chi connectivity index (χ0v) is 16.8. The van der Waals surface area contributed by atoms with Crippen molar-refractivity contribution in [3.05, 3.63) is 69.9 Å². The number of carbonyl (C=O) groups is 1. The van der Waals surface area contributed by atoms with Crippen LogP contribution in [0.25, 0.3) is 0 Å². The van der Waals surface area contributed by atoms with Gasteiger partial charge in [-0.2, -0.15) is 0 Å². The van der Waals surface area contributed by atoms with Crippen LogP contribution in [0.2, 0.25) is 0 Å². The van der Waals surface area contributed by atoms with E-state index in [1.54, 1.807) is 43.5 Å². The van der Waals surface area contributed by atoms with Crippen LogP contribution in [0.3, 0.4) is 0 Å². The van der Waals surface area contributed by atoms with E-state index in [4.69, 9.17) is 4.74 Å². The first-order chi connectivity index (χ1) is 14.1. The molecule has 0 aliphatic heterocycles. The summed E-state index contributed by atoms with van der Waals surface area (Å²) in [6.07, 6.45) is 2.19. The number of benzene rings is 2. The number of ether oxygens (including phenoxy) is 1. The quantitative estimate of drug-likeness (QED) is 0.603. The van der Waals surface area contributed by atoms with E-state index in [9.17, 15) is 9.18 Å². The Bertz CT molecular complexity index is 988. The molecule has 2 aromatic carbocycles. The first-order valence-corrected chi connectivity index (χ1v) is 10.2. The minimum Gasteiger partial charge on any atom is -0.497 e. The number of carbonyl (C=O) groups excluding carboxylic acids is 1. The highest BCUT2D eigenvalue weighted by Gasteiger charge is 2.30. The zero-order chi connectivity index (χ0) is 20.2. The van der Waals surface area contributed by atoms with Crippen molar-refractivity contribution in [2.75, 3.05) is 12.4 Å². The van der Waals surface area contributed by atoms with E-state index in [0.717, 1.165) is 23.6 Å². The molecule has 0 atom stereocenters. The van der Waals surface area contributed by atoms with E-state index < -0.39 is 0 Å². The van der Waals surface area contributed by atoms with Crippen LogP contribution >= 0.6 is 11.3 Å². The number of methoxy groups -OCH3 is 1. The van der Waals surface area contributed by atoms with Crippen molar-refractivity contribution in [1.82, 2.24) is 15.1 Å². The maximum Gasteiger partial charge on any atom is 0.286 e. The topological polar surface area (TPSA) is 67.3 Å². The van der Waals surface area contributed by atoms with Crippen LogP contribution in [-0.4, -0.2) is 34.2 Å². The van der Waals surface area contributed by atoms with Crippen LogP contribution in [-0.2, 0) is 13.1 Å². The second kappa shape index (κ2) is 8.67. The van der Waals surface area contributed by atoms with Gasteiger partial charge in [-0.1, -0.05) is 29.5 Å². The van der Waals surface area contributed by atoms with Crippen LogP contribution in [0.1, 0.15) is 33.2 Å². The Hall–Kier alpha value is -2.84. The van der Waals surface area contributed by atoms with Crippen molar-refractivity contribution in [2.45, 2.75) is 32.0 Å². The van der Waals surface area contributed by atoms with Crippen molar-refractivity contribution in [3.63, 3.8) is 0 Å². The minimum atomic E-state index is -0.300. The van der Waals surface area contributed by atoms with Crippen LogP contribution < -0.4 is 10.1 Å². The molecule has 1 aromatic heterocycles. The van der Waals surface area contributed by atoms with Gasteiger partial charge in [-0.25, -0.2) is 4.39 Å². The number of hydrogen-bond acceptors (Lipinski definition) is 6. The first kappa shape index (κ1) is 19.5. The number of aromatic nitrogens is 2. The fourth-order valence-corrected chi connectivity index (χ4v) is 3.80. The molecule has 1 amide bonds. The van der Waals surface area contributed by atoms with E-state index >= 15 is 0 Å². The molecule has 29 heavy (non-hydrogen) atoms. The summed E-state index contributed by atoms with van der Waals surface area (Å²) in [5.74, 6) is 0.220. The fraction of sp³-hybridized carbons (Fsp3) is 0.286. The lowest BCUT2D eigenvalue weighted by Crippen LogP contribution is -2.25. The van der Waals surface area contributed by atoms with Gasteiger partial charge in [0.1, 0.15) is 16.6 Å². The van der Waals surface area contributed by atoms with Gasteiger partial charge in [0.15, 0.2) is 0 Å². The summed E-state index contributed by atoms with van der Waals surface area (Å²) in [6.45, 7) is 1.07. The number of nitrogens with zero attached hydrogens (tertiary/aromatic N) is 3. The SMILES string of the molecule is COc1ccc(NC(=O)c2nnc(CN(Cc3ccccc3F)C3CC3)s2)cc1. The van der Waals surface area contributed by atoms with Crippen molar-refractivity contribution in [2.24, 2.45) is 0 Å². The van der Waals surface area contributed by atoms with Gasteiger partial charge < -0.3 is 10.1 Å². The highest BCUT2D eigenvalue weighted by Crippen LogP contribution is 2.31. The lowest BCUT2D eigenvalue weighted by atomic mass is 10.2. The molecule has 0 radical (unpaired) electrons. The monoisotopic (exact) mass is 412 g/mol. The second-order valence-electron chi connectivity index (χ2n) is 6.91. The summed E-state index contributed by atoms with van der Waals surface area (Å²) in [5, 5.41) is 12.1. The third-order valence-electron chi connectivity index (χ3n) is 4.74. The number of rotatable bonds is 8. The van der Waals surface area contributed by atoms with Crippen molar-refractivity contribution >= 4 is 22.9 Å². The number of anilines is 1. The molecule has 8 heteroatoms. The average molecular weight is 412 g/mol. The Morgan fingerprint density at radius 1 is 1.17 bits per heavy atom. The van der Waals surface area contributed by atoms with E-state index in [-0.39, 0.29) is 11.7 Å². The van der Waals surface area contributed by atoms with Crippen LogP contribution in [0.15, 0.2) is 48.5 Å². The molecule has 1 aliphatic rings. The van der Waals surface area contributed by atoms with Crippen LogP contribution in [0.4, 0.5) is 10.1 Å². The minimum absolute atomic E-state index is 0.199. The summed E-state index contributed by atoms with van der Waals surface area (Å²) in [6, 6.07) is 14.3. The van der Waals surface area contributed by atoms with Gasteiger partial charge in [-0.3, -0.25) is 9.69 Å². The highest BCUT2D eigenvalue weighted by molar-refractivity contribution is 7.13. The predicted octanol–water partition coefficient (Wildman–Crippen LogP) is 4.10. The van der Waals surface area contributed by atoms with Gasteiger partial charge in [-0.05, 0) is 43.2 Å². The van der Waals surface area contributed by atoms with Crippen LogP contribution in [0.5, 0.6) is 5.75 Å². The lowest BCUT2D eigenvalue weighted by molar-refractivity contribution is 0.102. The van der Waals surface area contributed by atoms with E-state index in [2.05, 4.69) is 20.4 Å². The predicted molar refractivity (Wildman–Crippen MR) is 110 cm³/mol. The largest absolute Gasteiger partial charge is 0.497 e. The average Bonchev–Trinajstić information content (AvgIpc) is 3.48. The number of hydrogen-bond donors (Lipinski definition) is 1. The van der Waals surface area contributed by atoms with Crippen molar-refractivity contribution < 1.29 is 13.9 Å². The van der Waals surface area contributed by atoms with Gasteiger partial charge in [0, 0.05) is 23.8 Å². The Morgan fingerprint density at radius 2 is 1.93 bits per heavy atom. The summed E-state index contributed by atoms with van der Waals surface area (Å²) in [5.41, 5.74) is 1.33. The van der Waals surface area contributed by atoms with Gasteiger partial charge in [-0.15, -0.1) is 10.2 Å². The normalized spacial score (nSPS) is 13.5. The smallest absolute Gasteiger partial charge is 0.286 e. The molecule has 1 fully saturated rings. The van der Waals surface area contributed by atoms with E-state index in [0.29, 0.717) is 35.4 Å². The molecule has 150 valence electrons. The van der Waals surface area contributed by atoms with Gasteiger partial charge in [0.25, 0.3) is 5.91 Å². The van der Waals surface area contributed by atoms with Crippen LogP contribution in [0, 0.1) is 5.82 Å². The molecular formula is C21H21FN4O2S. The lowest BCUT2D eigenvalue weighted by Gasteiger charge is -2.20. The molecule has 0 bridgehead atoms. The van der Waals surface area contributed by atoms with Gasteiger partial charge >= 0.3 is 0 Å². The fourth-order valence-electron chi connectivity index (χ4n) is 3.04. The summed E-state index contributed by atoms with van der Waals surface area (Å²) < 4.78 is 19.1. The molecule has 6 nitrogen and oxygen atoms in total. The molecule has 0 unspecified atom stereocenters. The zero-order valence-electron chi connectivity index (χ0n) is 16.0. The maximum atomic E-state index is 14.0. The summed E-state index contributed by atoms with van der Waals surface area (Å²) in [4.78, 5) is 14.7. The molecule has 0 spiro atoms. The molecule has 1 saturated carbocycles. The van der Waals surface area contributed by atoms with E-state index in [1.165, 1.54) is 17.4 Å². The number of amides is 1. The standard InChI is InChI=1S/C21H21FN4O2S/c1-28-17-10-6-15(7-11-17)23-20(27)21-25-24-19(29-21)13-26(16-8-9-16)12-14-4-2-3-5-18(14)22/h2-7,10-11,16H,8-9,12-13H2,1H3,(H,23,27). The van der Waals surface area contributed by atoms with Gasteiger partial charge in [0.05, 0.1) is 13.7 Å². The van der Waals surface area contributed by atoms with Crippen molar-refractivity contribution in [1.29, 1.82) is 0 Å². The Balaban J connectivity index is 1.40. The maximum absolute atomic E-state index is 14.0. The second-order valence-corrected chi connectivity index (χ2v) is 7.97. The summed E-state index contributed by atoms with van der Waals surface area (Å²) in [7, 11) is 1.59. The van der Waals surface area contributed by atoms with E-state index in [1.807, 2.05) is 6.07 Å². The Morgan fingerprint density at radius 3 is 2.62 bits per heavy atom. The van der Waals surface area contributed by atoms with Gasteiger partial charge in [0.2, 0.25) is 5.01 Å². The third kappa shape index (κ3) is 4.96. The molecule has 1 heterocycles. The molecule has 4 rings (SSSR count). The summed E-state index contributed by atoms with van der Waals surface area (Å²) >= 11 is 1.26.